The molecule has 2 aromatic carbocycles. The first kappa shape index (κ1) is 16.6. The standard InChI is InChI=1S/C20H19N3O2/c1-3-19(22-23-20(24)14-8-10-21-11-9-14)17-5-4-16-13-18(25-2)7-6-15(16)12-17/h4-13H,3H2,1-2H3,(H,23,24). The number of benzene rings is 2. The number of carbonyl (C=O) groups excluding carboxylic acids is 1. The Morgan fingerprint density at radius 2 is 1.76 bits per heavy atom. The number of hydrogen-bond donors (Lipinski definition) is 1. The van der Waals surface area contributed by atoms with E-state index in [9.17, 15) is 4.79 Å². The number of fused-ring (bicyclic) bond motifs is 1. The lowest BCUT2D eigenvalue weighted by Crippen LogP contribution is -2.20. The molecule has 0 unspecified atom stereocenters. The highest BCUT2D eigenvalue weighted by atomic mass is 16.5. The summed E-state index contributed by atoms with van der Waals surface area (Å²) >= 11 is 0. The van der Waals surface area contributed by atoms with Crippen molar-refractivity contribution in [3.63, 3.8) is 0 Å². The molecule has 0 fully saturated rings. The number of ether oxygens (including phenoxy) is 1. The number of amides is 1. The zero-order chi connectivity index (χ0) is 17.6. The molecule has 5 nitrogen and oxygen atoms in total. The summed E-state index contributed by atoms with van der Waals surface area (Å²) in [5.41, 5.74) is 4.94. The van der Waals surface area contributed by atoms with Crippen LogP contribution in [0.15, 0.2) is 66.0 Å². The van der Waals surface area contributed by atoms with Crippen molar-refractivity contribution in [2.45, 2.75) is 13.3 Å². The van der Waals surface area contributed by atoms with Crippen LogP contribution in [-0.2, 0) is 0 Å². The van der Waals surface area contributed by atoms with Crippen LogP contribution < -0.4 is 10.2 Å². The van der Waals surface area contributed by atoms with E-state index in [1.165, 1.54) is 0 Å². The molecule has 0 bridgehead atoms. The first-order valence-electron chi connectivity index (χ1n) is 8.06. The summed E-state index contributed by atoms with van der Waals surface area (Å²) in [6.07, 6.45) is 3.87. The lowest BCUT2D eigenvalue weighted by Gasteiger charge is -2.08. The fraction of sp³-hybridized carbons (Fsp3) is 0.150. The van der Waals surface area contributed by atoms with Crippen LogP contribution in [0, 0.1) is 0 Å². The van der Waals surface area contributed by atoms with Crippen LogP contribution >= 0.6 is 0 Å². The quantitative estimate of drug-likeness (QED) is 0.571. The summed E-state index contributed by atoms with van der Waals surface area (Å²) < 4.78 is 5.25. The molecule has 1 N–H and O–H groups in total. The highest BCUT2D eigenvalue weighted by Gasteiger charge is 2.07. The van der Waals surface area contributed by atoms with E-state index in [0.29, 0.717) is 12.0 Å². The molecule has 1 amide bonds. The summed E-state index contributed by atoms with van der Waals surface area (Å²) in [4.78, 5) is 16.0. The predicted octanol–water partition coefficient (Wildman–Crippen LogP) is 3.79. The number of methoxy groups -OCH3 is 1. The fourth-order valence-corrected chi connectivity index (χ4v) is 2.56. The molecule has 1 heterocycles. The Balaban J connectivity index is 1.84. The van der Waals surface area contributed by atoms with Crippen LogP contribution in [0.25, 0.3) is 10.8 Å². The zero-order valence-electron chi connectivity index (χ0n) is 14.2. The van der Waals surface area contributed by atoms with E-state index in [1.807, 2.05) is 37.3 Å². The third kappa shape index (κ3) is 3.83. The second-order valence-corrected chi connectivity index (χ2v) is 5.52. The molecule has 0 aliphatic carbocycles. The minimum atomic E-state index is -0.251. The molecule has 3 rings (SSSR count). The average molecular weight is 333 g/mol. The van der Waals surface area contributed by atoms with Crippen molar-refractivity contribution in [2.75, 3.05) is 7.11 Å². The van der Waals surface area contributed by atoms with Crippen molar-refractivity contribution in [3.05, 3.63) is 72.1 Å². The summed E-state index contributed by atoms with van der Waals surface area (Å²) in [5, 5.41) is 6.50. The lowest BCUT2D eigenvalue weighted by atomic mass is 10.0. The van der Waals surface area contributed by atoms with Crippen molar-refractivity contribution in [1.29, 1.82) is 0 Å². The maximum Gasteiger partial charge on any atom is 0.271 e. The van der Waals surface area contributed by atoms with Gasteiger partial charge in [0.2, 0.25) is 0 Å². The van der Waals surface area contributed by atoms with Gasteiger partial charge in [0.15, 0.2) is 0 Å². The number of nitrogens with zero attached hydrogens (tertiary/aromatic N) is 2. The van der Waals surface area contributed by atoms with Gasteiger partial charge in [-0.25, -0.2) is 5.43 Å². The minimum Gasteiger partial charge on any atom is -0.497 e. The van der Waals surface area contributed by atoms with Gasteiger partial charge in [0.1, 0.15) is 5.75 Å². The molecule has 3 aromatic rings. The van der Waals surface area contributed by atoms with Gasteiger partial charge in [-0.2, -0.15) is 5.10 Å². The fourth-order valence-electron chi connectivity index (χ4n) is 2.56. The van der Waals surface area contributed by atoms with Gasteiger partial charge >= 0.3 is 0 Å². The van der Waals surface area contributed by atoms with Gasteiger partial charge in [-0.05, 0) is 53.1 Å². The van der Waals surface area contributed by atoms with Gasteiger partial charge in [-0.15, -0.1) is 0 Å². The van der Waals surface area contributed by atoms with Crippen LogP contribution in [0.3, 0.4) is 0 Å². The van der Waals surface area contributed by atoms with Crippen molar-refractivity contribution >= 4 is 22.4 Å². The Hall–Kier alpha value is -3.21. The van der Waals surface area contributed by atoms with Gasteiger partial charge in [0, 0.05) is 18.0 Å². The van der Waals surface area contributed by atoms with Crippen LogP contribution in [0.2, 0.25) is 0 Å². The number of aromatic nitrogens is 1. The molecule has 0 spiro atoms. The molecule has 1 aromatic heterocycles. The molecule has 0 aliphatic rings. The Bertz CT molecular complexity index is 921. The Labute approximate surface area is 146 Å². The van der Waals surface area contributed by atoms with E-state index in [0.717, 1.165) is 27.8 Å². The van der Waals surface area contributed by atoms with Crippen LogP contribution in [-0.4, -0.2) is 23.7 Å². The van der Waals surface area contributed by atoms with E-state index in [-0.39, 0.29) is 5.91 Å². The monoisotopic (exact) mass is 333 g/mol. The number of rotatable bonds is 5. The van der Waals surface area contributed by atoms with E-state index in [4.69, 9.17) is 4.74 Å². The van der Waals surface area contributed by atoms with Gasteiger partial charge in [0.05, 0.1) is 12.8 Å². The van der Waals surface area contributed by atoms with Crippen molar-refractivity contribution in [3.8, 4) is 5.75 Å². The number of carbonyl (C=O) groups is 1. The average Bonchev–Trinajstić information content (AvgIpc) is 2.68. The normalized spacial score (nSPS) is 11.4. The van der Waals surface area contributed by atoms with Crippen LogP contribution in [0.4, 0.5) is 0 Å². The molecule has 0 saturated carbocycles. The summed E-state index contributed by atoms with van der Waals surface area (Å²) in [6, 6.07) is 15.3. The largest absolute Gasteiger partial charge is 0.497 e. The lowest BCUT2D eigenvalue weighted by molar-refractivity contribution is 0.0954. The smallest absolute Gasteiger partial charge is 0.271 e. The van der Waals surface area contributed by atoms with E-state index >= 15 is 0 Å². The number of hydrogen-bond acceptors (Lipinski definition) is 4. The van der Waals surface area contributed by atoms with E-state index < -0.39 is 0 Å². The minimum absolute atomic E-state index is 0.251. The van der Waals surface area contributed by atoms with Crippen molar-refractivity contribution in [2.24, 2.45) is 5.10 Å². The highest BCUT2D eigenvalue weighted by Crippen LogP contribution is 2.22. The van der Waals surface area contributed by atoms with Gasteiger partial charge < -0.3 is 4.74 Å². The number of hydrazone groups is 1. The summed E-state index contributed by atoms with van der Waals surface area (Å²) in [7, 11) is 1.66. The number of pyridine rings is 1. The van der Waals surface area contributed by atoms with Crippen molar-refractivity contribution in [1.82, 2.24) is 10.4 Å². The van der Waals surface area contributed by atoms with Gasteiger partial charge in [-0.1, -0.05) is 25.1 Å². The Kier molecular flexibility index (Phi) is 5.04. The molecular weight excluding hydrogens is 314 g/mol. The third-order valence-electron chi connectivity index (χ3n) is 3.95. The molecule has 126 valence electrons. The number of nitrogens with one attached hydrogen (secondary N) is 1. The molecule has 25 heavy (non-hydrogen) atoms. The molecular formula is C20H19N3O2. The Morgan fingerprint density at radius 1 is 1.04 bits per heavy atom. The molecule has 0 saturated heterocycles. The van der Waals surface area contributed by atoms with Crippen molar-refractivity contribution < 1.29 is 9.53 Å². The second-order valence-electron chi connectivity index (χ2n) is 5.52. The molecule has 0 aliphatic heterocycles. The molecule has 0 atom stereocenters. The SMILES string of the molecule is CCC(=NNC(=O)c1ccncc1)c1ccc2cc(OC)ccc2c1. The summed E-state index contributed by atoms with van der Waals surface area (Å²) in [6.45, 7) is 2.01. The second kappa shape index (κ2) is 7.57. The van der Waals surface area contributed by atoms with Crippen LogP contribution in [0.5, 0.6) is 5.75 Å². The first-order chi connectivity index (χ1) is 12.2. The van der Waals surface area contributed by atoms with Gasteiger partial charge in [-0.3, -0.25) is 9.78 Å². The zero-order valence-corrected chi connectivity index (χ0v) is 14.2. The third-order valence-corrected chi connectivity index (χ3v) is 3.95. The summed E-state index contributed by atoms with van der Waals surface area (Å²) in [5.74, 6) is 0.577. The van der Waals surface area contributed by atoms with Crippen LogP contribution in [0.1, 0.15) is 29.3 Å². The van der Waals surface area contributed by atoms with Gasteiger partial charge in [0.25, 0.3) is 5.91 Å². The molecule has 5 heteroatoms. The van der Waals surface area contributed by atoms with E-state index in [2.05, 4.69) is 21.6 Å². The Morgan fingerprint density at radius 3 is 2.48 bits per heavy atom. The first-order valence-corrected chi connectivity index (χ1v) is 8.06. The van der Waals surface area contributed by atoms with E-state index in [1.54, 1.807) is 31.6 Å². The predicted molar refractivity (Wildman–Crippen MR) is 99.0 cm³/mol. The topological polar surface area (TPSA) is 63.6 Å². The molecule has 0 radical (unpaired) electrons. The maximum atomic E-state index is 12.1. The maximum absolute atomic E-state index is 12.1. The highest BCUT2D eigenvalue weighted by molar-refractivity contribution is 6.04.